The maximum absolute atomic E-state index is 4.78. The van der Waals surface area contributed by atoms with E-state index in [4.69, 9.17) is 4.98 Å². The summed E-state index contributed by atoms with van der Waals surface area (Å²) in [5.41, 5.74) is -0.0374. The van der Waals surface area contributed by atoms with Gasteiger partial charge in [0.05, 0.1) is 0 Å². The van der Waals surface area contributed by atoms with Gasteiger partial charge in [0.2, 0.25) is 0 Å². The van der Waals surface area contributed by atoms with E-state index in [0.29, 0.717) is 0 Å². The average molecular weight is 278 g/mol. The van der Waals surface area contributed by atoms with Crippen LogP contribution in [-0.2, 0) is 5.41 Å². The number of hydrogen-bond acceptors (Lipinski definition) is 4. The molecule has 1 aromatic heterocycles. The number of aromatic nitrogens is 2. The van der Waals surface area contributed by atoms with Gasteiger partial charge in [0, 0.05) is 31.1 Å². The maximum atomic E-state index is 4.78. The Hall–Kier alpha value is -1.32. The summed E-state index contributed by atoms with van der Waals surface area (Å²) < 4.78 is 0. The van der Waals surface area contributed by atoms with E-state index in [1.165, 1.54) is 0 Å². The van der Waals surface area contributed by atoms with Crippen LogP contribution in [0.15, 0.2) is 6.07 Å². The molecule has 0 spiro atoms. The third-order valence-electron chi connectivity index (χ3n) is 3.14. The van der Waals surface area contributed by atoms with Crippen molar-refractivity contribution in [3.63, 3.8) is 0 Å². The number of rotatable bonds is 7. The van der Waals surface area contributed by atoms with Gasteiger partial charge >= 0.3 is 0 Å². The third kappa shape index (κ3) is 4.66. The topological polar surface area (TPSA) is 41.0 Å². The van der Waals surface area contributed by atoms with Gasteiger partial charge in [-0.25, -0.2) is 9.97 Å². The zero-order chi connectivity index (χ0) is 15.2. The Labute approximate surface area is 124 Å². The van der Waals surface area contributed by atoms with Gasteiger partial charge in [-0.1, -0.05) is 34.6 Å². The van der Waals surface area contributed by atoms with Crippen LogP contribution in [0.2, 0.25) is 0 Å². The van der Waals surface area contributed by atoms with Gasteiger partial charge in [-0.3, -0.25) is 0 Å². The summed E-state index contributed by atoms with van der Waals surface area (Å²) in [6.45, 7) is 16.0. The van der Waals surface area contributed by atoms with Crippen LogP contribution in [0, 0.1) is 0 Å². The fraction of sp³-hybridized carbons (Fsp3) is 0.750. The highest BCUT2D eigenvalue weighted by Crippen LogP contribution is 2.24. The average Bonchev–Trinajstić information content (AvgIpc) is 2.41. The lowest BCUT2D eigenvalue weighted by Crippen LogP contribution is -2.27. The minimum absolute atomic E-state index is 0.0374. The van der Waals surface area contributed by atoms with E-state index >= 15 is 0 Å². The molecule has 4 nitrogen and oxygen atoms in total. The molecule has 1 rings (SSSR count). The van der Waals surface area contributed by atoms with Crippen LogP contribution < -0.4 is 10.2 Å². The molecule has 4 heteroatoms. The van der Waals surface area contributed by atoms with Crippen molar-refractivity contribution in [3.05, 3.63) is 11.9 Å². The Kier molecular flexibility index (Phi) is 6.24. The fourth-order valence-electron chi connectivity index (χ4n) is 1.98. The van der Waals surface area contributed by atoms with E-state index < -0.39 is 0 Å². The second-order valence-corrected chi connectivity index (χ2v) is 6.19. The molecule has 1 heterocycles. The van der Waals surface area contributed by atoms with Crippen LogP contribution in [0.25, 0.3) is 0 Å². The molecule has 1 aromatic rings. The van der Waals surface area contributed by atoms with Gasteiger partial charge in [0.1, 0.15) is 17.5 Å². The molecule has 0 saturated heterocycles. The van der Waals surface area contributed by atoms with Crippen LogP contribution in [0.5, 0.6) is 0 Å². The smallest absolute Gasteiger partial charge is 0.138 e. The summed E-state index contributed by atoms with van der Waals surface area (Å²) in [6, 6.07) is 2.07. The Balaban J connectivity index is 3.14. The summed E-state index contributed by atoms with van der Waals surface area (Å²) in [5, 5.41) is 3.39. The van der Waals surface area contributed by atoms with Crippen molar-refractivity contribution in [2.45, 2.75) is 59.8 Å². The zero-order valence-corrected chi connectivity index (χ0v) is 14.0. The van der Waals surface area contributed by atoms with E-state index in [9.17, 15) is 0 Å². The van der Waals surface area contributed by atoms with Crippen molar-refractivity contribution >= 4 is 11.6 Å². The second kappa shape index (κ2) is 7.46. The summed E-state index contributed by atoms with van der Waals surface area (Å²) in [7, 11) is 0. The predicted molar refractivity (Wildman–Crippen MR) is 87.7 cm³/mol. The van der Waals surface area contributed by atoms with Crippen LogP contribution in [0.3, 0.4) is 0 Å². The molecular weight excluding hydrogens is 248 g/mol. The van der Waals surface area contributed by atoms with E-state index in [2.05, 4.69) is 62.8 Å². The Morgan fingerprint density at radius 3 is 2.30 bits per heavy atom. The van der Waals surface area contributed by atoms with Crippen LogP contribution in [0.4, 0.5) is 11.6 Å². The van der Waals surface area contributed by atoms with Crippen LogP contribution in [0.1, 0.15) is 60.2 Å². The number of nitrogens with one attached hydrogen (secondary N) is 1. The number of hydrogen-bond donors (Lipinski definition) is 1. The van der Waals surface area contributed by atoms with Crippen molar-refractivity contribution in [2.75, 3.05) is 29.9 Å². The molecule has 0 aromatic carbocycles. The third-order valence-corrected chi connectivity index (χ3v) is 3.14. The first-order valence-electron chi connectivity index (χ1n) is 7.80. The molecular formula is C16H30N4. The first-order chi connectivity index (χ1) is 9.42. The molecule has 0 fully saturated rings. The molecule has 1 N–H and O–H groups in total. The molecule has 20 heavy (non-hydrogen) atoms. The monoisotopic (exact) mass is 278 g/mol. The largest absolute Gasteiger partial charge is 0.370 e. The molecule has 0 bridgehead atoms. The van der Waals surface area contributed by atoms with Crippen LogP contribution in [-0.4, -0.2) is 29.6 Å². The molecule has 0 atom stereocenters. The highest BCUT2D eigenvalue weighted by atomic mass is 15.2. The lowest BCUT2D eigenvalue weighted by molar-refractivity contribution is 0.544. The standard InChI is InChI=1S/C16H30N4/c1-7-10-17-13-12-14(20(9-3)11-8-2)19-15(18-13)16(4,5)6/h12H,7-11H2,1-6H3,(H,17,18,19). The minimum Gasteiger partial charge on any atom is -0.370 e. The van der Waals surface area contributed by atoms with Crippen molar-refractivity contribution in [1.82, 2.24) is 9.97 Å². The predicted octanol–water partition coefficient (Wildman–Crippen LogP) is 3.83. The Morgan fingerprint density at radius 2 is 1.80 bits per heavy atom. The summed E-state index contributed by atoms with van der Waals surface area (Å²) in [5.74, 6) is 2.88. The summed E-state index contributed by atoms with van der Waals surface area (Å²) >= 11 is 0. The number of anilines is 2. The van der Waals surface area contributed by atoms with Gasteiger partial charge in [0.15, 0.2) is 0 Å². The van der Waals surface area contributed by atoms with E-state index in [-0.39, 0.29) is 5.41 Å². The van der Waals surface area contributed by atoms with E-state index in [0.717, 1.165) is 49.9 Å². The van der Waals surface area contributed by atoms with Gasteiger partial charge in [-0.15, -0.1) is 0 Å². The minimum atomic E-state index is -0.0374. The van der Waals surface area contributed by atoms with Gasteiger partial charge in [0.25, 0.3) is 0 Å². The highest BCUT2D eigenvalue weighted by Gasteiger charge is 2.20. The van der Waals surface area contributed by atoms with Gasteiger partial charge in [-0.2, -0.15) is 0 Å². The lowest BCUT2D eigenvalue weighted by atomic mass is 9.96. The molecule has 0 saturated carbocycles. The molecule has 0 amide bonds. The van der Waals surface area contributed by atoms with Crippen molar-refractivity contribution in [1.29, 1.82) is 0 Å². The lowest BCUT2D eigenvalue weighted by Gasteiger charge is -2.25. The first kappa shape index (κ1) is 16.7. The summed E-state index contributed by atoms with van der Waals surface area (Å²) in [6.07, 6.45) is 2.22. The van der Waals surface area contributed by atoms with Crippen molar-refractivity contribution in [2.24, 2.45) is 0 Å². The molecule has 0 radical (unpaired) electrons. The fourth-order valence-corrected chi connectivity index (χ4v) is 1.98. The van der Waals surface area contributed by atoms with Crippen molar-refractivity contribution in [3.8, 4) is 0 Å². The number of nitrogens with zero attached hydrogens (tertiary/aromatic N) is 3. The van der Waals surface area contributed by atoms with Gasteiger partial charge in [-0.05, 0) is 19.8 Å². The molecule has 0 aliphatic rings. The quantitative estimate of drug-likeness (QED) is 0.823. The van der Waals surface area contributed by atoms with Crippen molar-refractivity contribution < 1.29 is 0 Å². The van der Waals surface area contributed by atoms with Crippen LogP contribution >= 0.6 is 0 Å². The molecule has 0 aliphatic carbocycles. The van der Waals surface area contributed by atoms with E-state index in [1.807, 2.05) is 0 Å². The molecule has 114 valence electrons. The second-order valence-electron chi connectivity index (χ2n) is 6.19. The maximum Gasteiger partial charge on any atom is 0.138 e. The zero-order valence-electron chi connectivity index (χ0n) is 14.0. The normalized spacial score (nSPS) is 11.5. The molecule has 0 unspecified atom stereocenters. The highest BCUT2D eigenvalue weighted by molar-refractivity contribution is 5.50. The SMILES string of the molecule is CCCNc1cc(N(CC)CCC)nc(C(C)(C)C)n1. The molecule has 0 aliphatic heterocycles. The summed E-state index contributed by atoms with van der Waals surface area (Å²) in [4.78, 5) is 11.8. The Morgan fingerprint density at radius 1 is 1.10 bits per heavy atom. The van der Waals surface area contributed by atoms with E-state index in [1.54, 1.807) is 0 Å². The van der Waals surface area contributed by atoms with Gasteiger partial charge < -0.3 is 10.2 Å². The Bertz CT molecular complexity index is 409. The first-order valence-corrected chi connectivity index (χ1v) is 7.80.